The Hall–Kier alpha value is -1.11. The lowest BCUT2D eigenvalue weighted by molar-refractivity contribution is -0.120. The summed E-state index contributed by atoms with van der Waals surface area (Å²) in [5, 5.41) is 0. The van der Waals surface area contributed by atoms with Crippen molar-refractivity contribution in [3.05, 3.63) is 35.9 Å². The maximum atomic E-state index is 11.2. The molecule has 0 aliphatic carbocycles. The molecule has 13 heavy (non-hydrogen) atoms. The first-order chi connectivity index (χ1) is 6.13. The molecule has 0 aromatic heterocycles. The highest BCUT2D eigenvalue weighted by molar-refractivity contribution is 5.78. The van der Waals surface area contributed by atoms with E-state index in [0.717, 1.165) is 0 Å². The fourth-order valence-corrected chi connectivity index (χ4v) is 1.40. The highest BCUT2D eigenvalue weighted by Gasteiger charge is 2.17. The number of benzene rings is 1. The molecule has 0 spiro atoms. The molecule has 0 saturated heterocycles. The summed E-state index contributed by atoms with van der Waals surface area (Å²) in [6.07, 6.45) is 0. The van der Waals surface area contributed by atoms with Gasteiger partial charge in [0.1, 0.15) is 5.78 Å². The summed E-state index contributed by atoms with van der Waals surface area (Å²) in [6.45, 7) is 5.74. The van der Waals surface area contributed by atoms with E-state index in [0.29, 0.717) is 5.92 Å². The van der Waals surface area contributed by atoms with Crippen molar-refractivity contribution in [1.82, 2.24) is 0 Å². The van der Waals surface area contributed by atoms with Crippen molar-refractivity contribution in [3.63, 3.8) is 0 Å². The third kappa shape index (κ3) is 2.41. The van der Waals surface area contributed by atoms with Gasteiger partial charge < -0.3 is 0 Å². The third-order valence-corrected chi connectivity index (χ3v) is 2.72. The van der Waals surface area contributed by atoms with Crippen LogP contribution in [0.2, 0.25) is 0 Å². The van der Waals surface area contributed by atoms with E-state index in [1.807, 2.05) is 25.1 Å². The van der Waals surface area contributed by atoms with E-state index in [9.17, 15) is 4.79 Å². The molecule has 1 nitrogen and oxygen atoms in total. The summed E-state index contributed by atoms with van der Waals surface area (Å²) in [6, 6.07) is 10.2. The lowest BCUT2D eigenvalue weighted by atomic mass is 9.87. The van der Waals surface area contributed by atoms with Crippen LogP contribution in [0.3, 0.4) is 0 Å². The van der Waals surface area contributed by atoms with Crippen LogP contribution in [0, 0.1) is 5.92 Å². The number of Topliss-reactive ketones (excluding diaryl/α,β-unsaturated/α-hetero) is 1. The van der Waals surface area contributed by atoms with E-state index >= 15 is 0 Å². The molecule has 0 heterocycles. The molecule has 0 N–H and O–H groups in total. The Morgan fingerprint density at radius 3 is 2.15 bits per heavy atom. The van der Waals surface area contributed by atoms with Gasteiger partial charge in [-0.05, 0) is 18.4 Å². The molecule has 0 fully saturated rings. The molecule has 1 aromatic carbocycles. The number of rotatable bonds is 3. The van der Waals surface area contributed by atoms with Gasteiger partial charge in [-0.1, -0.05) is 44.2 Å². The molecule has 2 atom stereocenters. The van der Waals surface area contributed by atoms with Gasteiger partial charge in [-0.3, -0.25) is 4.79 Å². The zero-order valence-corrected chi connectivity index (χ0v) is 8.45. The maximum absolute atomic E-state index is 11.2. The summed E-state index contributed by atoms with van der Waals surface area (Å²) in [4.78, 5) is 11.2. The molecule has 0 radical (unpaired) electrons. The van der Waals surface area contributed by atoms with Gasteiger partial charge >= 0.3 is 0 Å². The highest BCUT2D eigenvalue weighted by Crippen LogP contribution is 2.23. The van der Waals surface area contributed by atoms with Gasteiger partial charge in [-0.25, -0.2) is 0 Å². The fraction of sp³-hybridized carbons (Fsp3) is 0.417. The predicted octanol–water partition coefficient (Wildman–Crippen LogP) is 3.02. The molecule has 0 saturated carbocycles. The second-order valence-electron chi connectivity index (χ2n) is 3.60. The summed E-state index contributed by atoms with van der Waals surface area (Å²) in [7, 11) is 0. The van der Waals surface area contributed by atoms with Crippen LogP contribution in [0.25, 0.3) is 0 Å². The Morgan fingerprint density at radius 2 is 1.69 bits per heavy atom. The van der Waals surface area contributed by atoms with E-state index in [1.165, 1.54) is 5.56 Å². The summed E-state index contributed by atoms with van der Waals surface area (Å²) >= 11 is 0. The van der Waals surface area contributed by atoms with Crippen LogP contribution >= 0.6 is 0 Å². The Morgan fingerprint density at radius 1 is 1.15 bits per heavy atom. The zero-order valence-electron chi connectivity index (χ0n) is 8.45. The second-order valence-corrected chi connectivity index (χ2v) is 3.60. The lowest BCUT2D eigenvalue weighted by Gasteiger charge is -2.17. The van der Waals surface area contributed by atoms with Crippen molar-refractivity contribution < 1.29 is 4.79 Å². The van der Waals surface area contributed by atoms with Crippen molar-refractivity contribution >= 4 is 5.78 Å². The molecule has 0 aliphatic heterocycles. The molecular weight excluding hydrogens is 160 g/mol. The average Bonchev–Trinajstić information content (AvgIpc) is 2.17. The molecule has 0 bridgehead atoms. The quantitative estimate of drug-likeness (QED) is 0.692. The first-order valence-corrected chi connectivity index (χ1v) is 4.68. The zero-order chi connectivity index (χ0) is 9.84. The number of hydrogen-bond donors (Lipinski definition) is 0. The van der Waals surface area contributed by atoms with Crippen LogP contribution in [0.15, 0.2) is 30.3 Å². The van der Waals surface area contributed by atoms with Crippen LogP contribution < -0.4 is 0 Å². The molecule has 1 unspecified atom stereocenters. The molecule has 70 valence electrons. The van der Waals surface area contributed by atoms with Gasteiger partial charge in [0.05, 0.1) is 0 Å². The fourth-order valence-electron chi connectivity index (χ4n) is 1.40. The van der Waals surface area contributed by atoms with Crippen LogP contribution in [-0.2, 0) is 4.79 Å². The van der Waals surface area contributed by atoms with Crippen molar-refractivity contribution in [2.75, 3.05) is 0 Å². The Kier molecular flexibility index (Phi) is 3.24. The largest absolute Gasteiger partial charge is 0.300 e. The SMILES string of the molecule is CC(=O)[C@H](C)C(C)c1ccccc1. The maximum Gasteiger partial charge on any atom is 0.133 e. The van der Waals surface area contributed by atoms with Gasteiger partial charge in [0.15, 0.2) is 0 Å². The van der Waals surface area contributed by atoms with Crippen molar-refractivity contribution in [1.29, 1.82) is 0 Å². The van der Waals surface area contributed by atoms with Gasteiger partial charge in [0, 0.05) is 5.92 Å². The Balaban J connectivity index is 2.79. The van der Waals surface area contributed by atoms with Crippen LogP contribution in [0.1, 0.15) is 32.3 Å². The number of carbonyl (C=O) groups excluding carboxylic acids is 1. The molecule has 1 heteroatoms. The topological polar surface area (TPSA) is 17.1 Å². The highest BCUT2D eigenvalue weighted by atomic mass is 16.1. The number of ketones is 1. The van der Waals surface area contributed by atoms with E-state index in [-0.39, 0.29) is 11.7 Å². The second kappa shape index (κ2) is 4.22. The minimum atomic E-state index is 0.113. The first kappa shape index (κ1) is 9.97. The van der Waals surface area contributed by atoms with Gasteiger partial charge in [0.2, 0.25) is 0 Å². The molecular formula is C12H16O. The monoisotopic (exact) mass is 176 g/mol. The Labute approximate surface area is 79.8 Å². The number of carbonyl (C=O) groups is 1. The normalized spacial score (nSPS) is 15.0. The van der Waals surface area contributed by atoms with E-state index in [4.69, 9.17) is 0 Å². The lowest BCUT2D eigenvalue weighted by Crippen LogP contribution is -2.14. The average molecular weight is 176 g/mol. The smallest absolute Gasteiger partial charge is 0.133 e. The predicted molar refractivity (Wildman–Crippen MR) is 54.7 cm³/mol. The molecule has 0 aliphatic rings. The van der Waals surface area contributed by atoms with E-state index in [1.54, 1.807) is 6.92 Å². The number of hydrogen-bond acceptors (Lipinski definition) is 1. The van der Waals surface area contributed by atoms with Gasteiger partial charge in [0.25, 0.3) is 0 Å². The standard InChI is InChI=1S/C12H16O/c1-9(11(3)13)10(2)12-7-5-4-6-8-12/h4-10H,1-3H3/t9-,10?/m1/s1. The minimum Gasteiger partial charge on any atom is -0.300 e. The van der Waals surface area contributed by atoms with Crippen LogP contribution in [0.4, 0.5) is 0 Å². The molecule has 0 amide bonds. The summed E-state index contributed by atoms with van der Waals surface area (Å²) in [5.74, 6) is 0.692. The van der Waals surface area contributed by atoms with Gasteiger partial charge in [-0.15, -0.1) is 0 Å². The van der Waals surface area contributed by atoms with E-state index in [2.05, 4.69) is 19.1 Å². The van der Waals surface area contributed by atoms with Crippen molar-refractivity contribution in [3.8, 4) is 0 Å². The van der Waals surface area contributed by atoms with Crippen LogP contribution in [-0.4, -0.2) is 5.78 Å². The molecule has 1 aromatic rings. The summed E-state index contributed by atoms with van der Waals surface area (Å²) in [5.41, 5.74) is 1.24. The van der Waals surface area contributed by atoms with Crippen molar-refractivity contribution in [2.24, 2.45) is 5.92 Å². The summed E-state index contributed by atoms with van der Waals surface area (Å²) < 4.78 is 0. The van der Waals surface area contributed by atoms with Gasteiger partial charge in [-0.2, -0.15) is 0 Å². The third-order valence-electron chi connectivity index (χ3n) is 2.72. The van der Waals surface area contributed by atoms with E-state index < -0.39 is 0 Å². The Bertz CT molecular complexity index is 276. The molecule has 1 rings (SSSR count). The minimum absolute atomic E-state index is 0.113. The van der Waals surface area contributed by atoms with Crippen molar-refractivity contribution in [2.45, 2.75) is 26.7 Å². The first-order valence-electron chi connectivity index (χ1n) is 4.68. The van der Waals surface area contributed by atoms with Crippen LogP contribution in [0.5, 0.6) is 0 Å².